The molecule has 3 rings (SSSR count). The third kappa shape index (κ3) is 1.93. The van der Waals surface area contributed by atoms with Crippen LogP contribution in [0, 0.1) is 17.8 Å². The molecule has 98 valence electrons. The van der Waals surface area contributed by atoms with Crippen LogP contribution >= 0.6 is 0 Å². The summed E-state index contributed by atoms with van der Waals surface area (Å²) in [5.41, 5.74) is -0.517. The molecule has 4 nitrogen and oxygen atoms in total. The van der Waals surface area contributed by atoms with Crippen molar-refractivity contribution in [3.05, 3.63) is 12.2 Å². The number of allylic oxidation sites excluding steroid dienone is 2. The van der Waals surface area contributed by atoms with Crippen LogP contribution in [0.15, 0.2) is 12.2 Å². The van der Waals surface area contributed by atoms with Gasteiger partial charge in [0.25, 0.3) is 0 Å². The van der Waals surface area contributed by atoms with Gasteiger partial charge < -0.3 is 9.47 Å². The fraction of sp³-hybridized carbons (Fsp3) is 0.714. The first-order valence-corrected chi connectivity index (χ1v) is 6.56. The average molecular weight is 250 g/mol. The van der Waals surface area contributed by atoms with Crippen LogP contribution < -0.4 is 0 Å². The fourth-order valence-electron chi connectivity index (χ4n) is 3.28. The number of ether oxygens (including phenoxy) is 2. The summed E-state index contributed by atoms with van der Waals surface area (Å²) < 4.78 is 10.5. The largest absolute Gasteiger partial charge is 0.457 e. The van der Waals surface area contributed by atoms with Gasteiger partial charge in [-0.25, -0.2) is 4.79 Å². The highest BCUT2D eigenvalue weighted by atomic mass is 16.6. The number of cyclic esters (lactones) is 1. The van der Waals surface area contributed by atoms with Crippen molar-refractivity contribution in [1.29, 1.82) is 0 Å². The molecule has 0 radical (unpaired) electrons. The first-order chi connectivity index (χ1) is 8.44. The first-order valence-electron chi connectivity index (χ1n) is 6.56. The van der Waals surface area contributed by atoms with Crippen LogP contribution in [0.3, 0.4) is 0 Å². The van der Waals surface area contributed by atoms with E-state index in [1.165, 1.54) is 0 Å². The molecule has 2 fully saturated rings. The smallest absolute Gasteiger partial charge is 0.348 e. The third-order valence-corrected chi connectivity index (χ3v) is 4.16. The Morgan fingerprint density at radius 3 is 2.67 bits per heavy atom. The van der Waals surface area contributed by atoms with Gasteiger partial charge in [-0.15, -0.1) is 0 Å². The fourth-order valence-corrected chi connectivity index (χ4v) is 3.28. The summed E-state index contributed by atoms with van der Waals surface area (Å²) in [4.78, 5) is 23.7. The maximum Gasteiger partial charge on any atom is 0.348 e. The molecule has 1 saturated carbocycles. The summed E-state index contributed by atoms with van der Waals surface area (Å²) in [7, 11) is 0. The maximum atomic E-state index is 12.1. The highest BCUT2D eigenvalue weighted by Gasteiger charge is 2.46. The zero-order valence-electron chi connectivity index (χ0n) is 10.7. The van der Waals surface area contributed by atoms with Crippen LogP contribution in [0.5, 0.6) is 0 Å². The van der Waals surface area contributed by atoms with Gasteiger partial charge in [-0.3, -0.25) is 4.79 Å². The molecule has 4 heteroatoms. The molecule has 18 heavy (non-hydrogen) atoms. The van der Waals surface area contributed by atoms with Gasteiger partial charge in [-0.2, -0.15) is 0 Å². The number of carbonyl (C=O) groups excluding carboxylic acids is 2. The van der Waals surface area contributed by atoms with Gasteiger partial charge in [0.15, 0.2) is 0 Å². The lowest BCUT2D eigenvalue weighted by Gasteiger charge is -2.18. The van der Waals surface area contributed by atoms with E-state index in [0.29, 0.717) is 18.3 Å². The molecule has 2 bridgehead atoms. The molecule has 1 saturated heterocycles. The highest BCUT2D eigenvalue weighted by Crippen LogP contribution is 2.44. The van der Waals surface area contributed by atoms with Crippen LogP contribution in [-0.2, 0) is 19.1 Å². The van der Waals surface area contributed by atoms with E-state index in [-0.39, 0.29) is 11.9 Å². The van der Waals surface area contributed by atoms with E-state index >= 15 is 0 Å². The first kappa shape index (κ1) is 11.8. The minimum atomic E-state index is -0.712. The number of carbonyl (C=O) groups is 2. The molecule has 0 spiro atoms. The summed E-state index contributed by atoms with van der Waals surface area (Å²) in [5, 5.41) is 0. The molecule has 3 aliphatic rings. The Morgan fingerprint density at radius 1 is 1.39 bits per heavy atom. The van der Waals surface area contributed by atoms with Crippen LogP contribution in [0.4, 0.5) is 0 Å². The molecule has 4 atom stereocenters. The van der Waals surface area contributed by atoms with Crippen molar-refractivity contribution in [2.45, 2.75) is 44.8 Å². The Labute approximate surface area is 106 Å². The molecule has 0 amide bonds. The van der Waals surface area contributed by atoms with Crippen LogP contribution in [0.2, 0.25) is 0 Å². The molecule has 0 aromatic rings. The van der Waals surface area contributed by atoms with E-state index in [2.05, 4.69) is 12.2 Å². The molecule has 0 N–H and O–H groups in total. The molecule has 1 aliphatic heterocycles. The van der Waals surface area contributed by atoms with Crippen LogP contribution in [0.25, 0.3) is 0 Å². The van der Waals surface area contributed by atoms with E-state index in [9.17, 15) is 9.59 Å². The molecule has 1 heterocycles. The number of hydrogen-bond donors (Lipinski definition) is 0. The number of fused-ring (bicyclic) bond motifs is 2. The van der Waals surface area contributed by atoms with Crippen molar-refractivity contribution in [2.75, 3.05) is 0 Å². The van der Waals surface area contributed by atoms with Crippen molar-refractivity contribution < 1.29 is 19.1 Å². The summed E-state index contributed by atoms with van der Waals surface area (Å²) in [6.07, 6.45) is 5.95. The Bertz CT molecular complexity index is 424. The lowest BCUT2D eigenvalue weighted by atomic mass is 9.94. The average Bonchev–Trinajstić information content (AvgIpc) is 2.93. The lowest BCUT2D eigenvalue weighted by Crippen LogP contribution is -2.29. The monoisotopic (exact) mass is 250 g/mol. The highest BCUT2D eigenvalue weighted by molar-refractivity contribution is 5.82. The predicted octanol–water partition coefficient (Wildman–Crippen LogP) is 1.84. The molecule has 0 aromatic carbocycles. The topological polar surface area (TPSA) is 52.6 Å². The molecule has 2 aliphatic carbocycles. The Kier molecular flexibility index (Phi) is 2.50. The third-order valence-electron chi connectivity index (χ3n) is 4.16. The second kappa shape index (κ2) is 3.84. The van der Waals surface area contributed by atoms with Crippen molar-refractivity contribution in [1.82, 2.24) is 0 Å². The van der Waals surface area contributed by atoms with E-state index in [4.69, 9.17) is 9.47 Å². The summed E-state index contributed by atoms with van der Waals surface area (Å²) in [5.74, 6) is 0.141. The zero-order valence-corrected chi connectivity index (χ0v) is 10.7. The Balaban J connectivity index is 1.62. The van der Waals surface area contributed by atoms with Crippen molar-refractivity contribution in [3.63, 3.8) is 0 Å². The normalized spacial score (nSPS) is 40.0. The van der Waals surface area contributed by atoms with Crippen LogP contribution in [0.1, 0.15) is 33.1 Å². The van der Waals surface area contributed by atoms with Crippen molar-refractivity contribution in [3.8, 4) is 0 Å². The molecule has 4 unspecified atom stereocenters. The second-order valence-electron chi connectivity index (χ2n) is 6.20. The van der Waals surface area contributed by atoms with E-state index in [0.717, 1.165) is 12.8 Å². The van der Waals surface area contributed by atoms with Crippen molar-refractivity contribution in [2.24, 2.45) is 17.8 Å². The minimum Gasteiger partial charge on any atom is -0.457 e. The van der Waals surface area contributed by atoms with Crippen LogP contribution in [-0.4, -0.2) is 23.6 Å². The number of rotatable bonds is 2. The second-order valence-corrected chi connectivity index (χ2v) is 6.20. The van der Waals surface area contributed by atoms with E-state index in [1.807, 2.05) is 13.8 Å². The van der Waals surface area contributed by atoms with E-state index < -0.39 is 17.7 Å². The SMILES string of the molecule is CC1(C)CC(OC(=O)C2CC3C=CC2C3)C(=O)O1. The molecular formula is C14H18O4. The van der Waals surface area contributed by atoms with Gasteiger partial charge in [-0.05, 0) is 38.5 Å². The minimum absolute atomic E-state index is 0.0588. The van der Waals surface area contributed by atoms with Gasteiger partial charge in [0.1, 0.15) is 5.60 Å². The van der Waals surface area contributed by atoms with Gasteiger partial charge in [0.05, 0.1) is 5.92 Å². The Morgan fingerprint density at radius 2 is 2.17 bits per heavy atom. The van der Waals surface area contributed by atoms with Crippen molar-refractivity contribution >= 4 is 11.9 Å². The number of esters is 2. The molecule has 0 aromatic heterocycles. The summed E-state index contributed by atoms with van der Waals surface area (Å²) in [6, 6.07) is 0. The van der Waals surface area contributed by atoms with E-state index in [1.54, 1.807) is 0 Å². The van der Waals surface area contributed by atoms with Gasteiger partial charge >= 0.3 is 11.9 Å². The maximum absolute atomic E-state index is 12.1. The van der Waals surface area contributed by atoms with Gasteiger partial charge in [0.2, 0.25) is 6.10 Å². The van der Waals surface area contributed by atoms with Gasteiger partial charge in [0, 0.05) is 6.42 Å². The summed E-state index contributed by atoms with van der Waals surface area (Å²) in [6.45, 7) is 3.66. The zero-order chi connectivity index (χ0) is 12.9. The lowest BCUT2D eigenvalue weighted by molar-refractivity contribution is -0.165. The molecular weight excluding hydrogens is 232 g/mol. The quantitative estimate of drug-likeness (QED) is 0.554. The predicted molar refractivity (Wildman–Crippen MR) is 63.5 cm³/mol. The summed E-state index contributed by atoms with van der Waals surface area (Å²) >= 11 is 0. The number of hydrogen-bond acceptors (Lipinski definition) is 4. The van der Waals surface area contributed by atoms with Gasteiger partial charge in [-0.1, -0.05) is 12.2 Å². The Hall–Kier alpha value is -1.32. The standard InChI is InChI=1S/C14H18O4/c1-14(2)7-11(13(16)18-14)17-12(15)10-6-8-3-4-9(10)5-8/h3-4,8-11H,5-7H2,1-2H3.